The molecule has 0 bridgehead atoms. The molecule has 23 rings (SSSR count). The van der Waals surface area contributed by atoms with E-state index in [1.54, 1.807) is 0 Å². The highest BCUT2D eigenvalue weighted by Crippen LogP contribution is 2.61. The lowest BCUT2D eigenvalue weighted by molar-refractivity contribution is 0.656. The second-order valence-electron chi connectivity index (χ2n) is 34.7. The van der Waals surface area contributed by atoms with Crippen LogP contribution in [0.15, 0.2) is 443 Å². The van der Waals surface area contributed by atoms with Crippen molar-refractivity contribution in [1.82, 2.24) is 0 Å². The predicted octanol–water partition coefficient (Wildman–Crippen LogP) is 31.0. The van der Waals surface area contributed by atoms with Crippen molar-refractivity contribution in [3.05, 3.63) is 560 Å². The first-order chi connectivity index (χ1) is 59.6. The van der Waals surface area contributed by atoms with Crippen molar-refractivity contribution in [3.63, 3.8) is 0 Å². The van der Waals surface area contributed by atoms with Crippen molar-refractivity contribution < 1.29 is 0 Å². The first-order valence-electron chi connectivity index (χ1n) is 43.2. The van der Waals surface area contributed by atoms with Crippen LogP contribution in [0.1, 0.15) is 145 Å². The quantitative estimate of drug-likeness (QED) is 0.142. The largest absolute Gasteiger partial charge is 0.0713 e. The monoisotopic (exact) mass is 1560 g/mol. The third kappa shape index (κ3) is 12.9. The summed E-state index contributed by atoms with van der Waals surface area (Å²) in [7, 11) is 0. The lowest BCUT2D eigenvalue weighted by Gasteiger charge is -2.34. The lowest BCUT2D eigenvalue weighted by Crippen LogP contribution is -2.28. The topological polar surface area (TPSA) is 0 Å². The Labute approximate surface area is 722 Å². The number of fused-ring (bicyclic) bond motifs is 15. The Kier molecular flexibility index (Phi) is 20.4. The Morgan fingerprint density at radius 1 is 0.156 bits per heavy atom. The van der Waals surface area contributed by atoms with Crippen molar-refractivity contribution >= 4 is 0 Å². The summed E-state index contributed by atoms with van der Waals surface area (Å²) in [6.07, 6.45) is 0. The molecule has 0 aromatic heterocycles. The molecule has 0 heteroatoms. The Balaban J connectivity index is 0.000000101. The number of hydrogen-bond donors (Lipinski definition) is 0. The van der Waals surface area contributed by atoms with Crippen molar-refractivity contribution in [2.24, 2.45) is 0 Å². The molecule has 5 aliphatic carbocycles. The van der Waals surface area contributed by atoms with Crippen LogP contribution in [0.3, 0.4) is 0 Å². The van der Waals surface area contributed by atoms with E-state index in [4.69, 9.17) is 0 Å². The maximum atomic E-state index is 2.37. The maximum absolute atomic E-state index is 2.37. The molecular weight excluding hydrogens is 1470 g/mol. The Morgan fingerprint density at radius 3 is 0.975 bits per heavy atom. The van der Waals surface area contributed by atoms with Gasteiger partial charge in [0.1, 0.15) is 0 Å². The number of aryl methyl sites for hydroxylation is 5. The van der Waals surface area contributed by atoms with Crippen LogP contribution in [-0.2, 0) is 27.1 Å². The normalized spacial score (nSPS) is 14.1. The van der Waals surface area contributed by atoms with E-state index in [1.807, 2.05) is 0 Å². The van der Waals surface area contributed by atoms with Crippen LogP contribution in [0.2, 0.25) is 0 Å². The predicted molar refractivity (Wildman–Crippen MR) is 514 cm³/mol. The average molecular weight is 1570 g/mol. The van der Waals surface area contributed by atoms with Crippen LogP contribution >= 0.6 is 0 Å². The molecule has 0 atom stereocenters. The van der Waals surface area contributed by atoms with Crippen LogP contribution in [-0.4, -0.2) is 0 Å². The molecule has 0 N–H and O–H groups in total. The highest BCUT2D eigenvalue weighted by Gasteiger charge is 2.50. The van der Waals surface area contributed by atoms with Gasteiger partial charge in [0.2, 0.25) is 0 Å². The molecule has 0 aliphatic heterocycles. The number of rotatable bonds is 8. The molecule has 5 aliphatic rings. The second-order valence-corrected chi connectivity index (χ2v) is 34.7. The summed E-state index contributed by atoms with van der Waals surface area (Å²) in [5.74, 6) is 0. The second kappa shape index (κ2) is 31.9. The maximum Gasteiger partial charge on any atom is 0.0713 e. The van der Waals surface area contributed by atoms with Crippen LogP contribution < -0.4 is 0 Å². The molecule has 18 aromatic carbocycles. The molecule has 0 unspecified atom stereocenters. The van der Waals surface area contributed by atoms with Gasteiger partial charge in [0.15, 0.2) is 0 Å². The van der Waals surface area contributed by atoms with Crippen molar-refractivity contribution in [2.45, 2.75) is 89.4 Å². The van der Waals surface area contributed by atoms with Gasteiger partial charge in [-0.05, 0) is 219 Å². The summed E-state index contributed by atoms with van der Waals surface area (Å²) in [5, 5.41) is 0. The molecule has 0 spiro atoms. The van der Waals surface area contributed by atoms with E-state index in [0.29, 0.717) is 0 Å². The summed E-state index contributed by atoms with van der Waals surface area (Å²) in [6.45, 7) is 20.4. The Hall–Kier alpha value is -14.0. The SMILES string of the molecule is Cc1cc(-c2ccccc2)cc2c1C(C)(C)c1ccccc1-2.Cc1ccc2c(c1)-c1ccccc1C2(c1ccccc1)c1ccccc1.Cc1ccc2c(c1)C(C)(C)c1cccc(-c3ccccc3)c1-2.Cc1ccc2c(c1)C(c1ccccc1)(c1ccccc1)c1ccccc1-2.Cc1cccc2c1-c1ccccc1C2(c1ccccc1)c1ccccc1. The zero-order valence-electron chi connectivity index (χ0n) is 71.1. The van der Waals surface area contributed by atoms with Gasteiger partial charge in [0.25, 0.3) is 0 Å². The molecule has 0 heterocycles. The van der Waals surface area contributed by atoms with Gasteiger partial charge in [0.05, 0.1) is 16.2 Å². The van der Waals surface area contributed by atoms with E-state index in [0.717, 1.165) is 0 Å². The van der Waals surface area contributed by atoms with Gasteiger partial charge in [-0.3, -0.25) is 0 Å². The van der Waals surface area contributed by atoms with E-state index in [1.165, 1.54) is 195 Å². The van der Waals surface area contributed by atoms with Crippen molar-refractivity contribution in [3.8, 4) is 77.9 Å². The van der Waals surface area contributed by atoms with Crippen LogP contribution in [0.5, 0.6) is 0 Å². The van der Waals surface area contributed by atoms with Gasteiger partial charge in [-0.1, -0.05) is 481 Å². The fourth-order valence-corrected chi connectivity index (χ4v) is 21.6. The zero-order valence-corrected chi connectivity index (χ0v) is 71.1. The highest BCUT2D eigenvalue weighted by molar-refractivity contribution is 5.94. The summed E-state index contributed by atoms with van der Waals surface area (Å²) in [5.41, 5.74) is 47.0. The molecule has 0 radical (unpaired) electrons. The van der Waals surface area contributed by atoms with Gasteiger partial charge in [-0.15, -0.1) is 0 Å². The minimum Gasteiger partial charge on any atom is -0.0622 e. The summed E-state index contributed by atoms with van der Waals surface area (Å²) in [4.78, 5) is 0. The minimum absolute atomic E-state index is 0.0709. The van der Waals surface area contributed by atoms with Crippen LogP contribution in [0.25, 0.3) is 77.9 Å². The molecule has 588 valence electrons. The van der Waals surface area contributed by atoms with Gasteiger partial charge < -0.3 is 0 Å². The fraction of sp³-hybridized carbons (Fsp3) is 0.115. The molecule has 0 saturated carbocycles. The molecule has 0 saturated heterocycles. The van der Waals surface area contributed by atoms with E-state index >= 15 is 0 Å². The van der Waals surface area contributed by atoms with Crippen LogP contribution in [0.4, 0.5) is 0 Å². The highest BCUT2D eigenvalue weighted by atomic mass is 14.5. The van der Waals surface area contributed by atoms with Gasteiger partial charge in [0, 0.05) is 10.8 Å². The number of hydrogen-bond acceptors (Lipinski definition) is 0. The fourth-order valence-electron chi connectivity index (χ4n) is 21.6. The minimum atomic E-state index is -0.263. The Morgan fingerprint density at radius 2 is 0.475 bits per heavy atom. The molecule has 0 fully saturated rings. The van der Waals surface area contributed by atoms with Gasteiger partial charge in [-0.25, -0.2) is 0 Å². The first-order valence-corrected chi connectivity index (χ1v) is 43.2. The van der Waals surface area contributed by atoms with Gasteiger partial charge >= 0.3 is 0 Å². The van der Waals surface area contributed by atoms with E-state index in [-0.39, 0.29) is 27.1 Å². The molecular formula is C122H100. The molecule has 0 nitrogen and oxygen atoms in total. The first kappa shape index (κ1) is 77.8. The molecule has 18 aromatic rings. The summed E-state index contributed by atoms with van der Waals surface area (Å²) >= 11 is 0. The Bertz CT molecular complexity index is 6670. The lowest BCUT2D eigenvalue weighted by atomic mass is 9.67. The zero-order chi connectivity index (χ0) is 83.3. The van der Waals surface area contributed by atoms with Crippen LogP contribution in [0, 0.1) is 34.6 Å². The van der Waals surface area contributed by atoms with E-state index < -0.39 is 0 Å². The summed E-state index contributed by atoms with van der Waals surface area (Å²) in [6, 6.07) is 161. The molecule has 0 amide bonds. The molecule has 122 heavy (non-hydrogen) atoms. The smallest absolute Gasteiger partial charge is 0.0622 e. The van der Waals surface area contributed by atoms with E-state index in [9.17, 15) is 0 Å². The van der Waals surface area contributed by atoms with Crippen molar-refractivity contribution in [2.75, 3.05) is 0 Å². The third-order valence-corrected chi connectivity index (χ3v) is 26.8. The van der Waals surface area contributed by atoms with Gasteiger partial charge in [-0.2, -0.15) is 0 Å². The van der Waals surface area contributed by atoms with E-state index in [2.05, 4.69) is 505 Å². The standard InChI is InChI=1S/3C26H20.2C22H20/c1-19-11-10-18-24-25(19)22-16-8-9-17-23(22)26(24,20-12-4-2-5-13-20)21-14-6-3-7-15-21;1-19-16-17-25-23(18-19)22-14-8-9-15-24(22)26(25,20-10-4-2-5-11-20)21-12-6-3-7-13-21;1-19-16-17-23-22-14-8-9-15-24(22)26(25(23)18-19,20-10-4-2-5-11-20)21-12-6-3-7-13-21;1-15-13-17(16-9-5-4-6-10-16)14-19-18-11-7-8-12-20(18)22(2,3)21(15)19;1-15-12-13-18-20(14-15)22(2,3)19-11-7-10-17(21(18)19)16-8-5-4-6-9-16/h3*2-18H,1H3;2*4-14H,1-3H3. The third-order valence-electron chi connectivity index (χ3n) is 26.8. The summed E-state index contributed by atoms with van der Waals surface area (Å²) < 4.78 is 0. The average Bonchev–Trinajstić information content (AvgIpc) is 1.55. The van der Waals surface area contributed by atoms with Crippen molar-refractivity contribution in [1.29, 1.82) is 0 Å². The number of benzene rings is 18.